The number of nitrogens with zero attached hydrogens (tertiary/aromatic N) is 4. The van der Waals surface area contributed by atoms with E-state index in [1.807, 2.05) is 36.7 Å². The molecule has 3 aliphatic rings. The number of carbonyl (C=O) groups excluding carboxylic acids is 1. The van der Waals surface area contributed by atoms with Gasteiger partial charge in [-0.05, 0) is 35.7 Å². The molecule has 5 heterocycles. The first-order valence-electron chi connectivity index (χ1n) is 11.4. The number of rotatable bonds is 3. The van der Waals surface area contributed by atoms with E-state index in [4.69, 9.17) is 14.7 Å². The minimum atomic E-state index is -0.301. The number of aliphatic imine (C=N–C) groups is 1. The van der Waals surface area contributed by atoms with Crippen molar-refractivity contribution in [1.29, 1.82) is 0 Å². The molecule has 0 atom stereocenters. The SMILES string of the molecule is O=C1Cc2cc3n(c(=O)c2CO1)Cc1c-3nc2cccc3c2c1N(CCc1ccccc1)C=N3. The maximum absolute atomic E-state index is 13.4. The number of fused-ring (bicyclic) bond motifs is 5. The van der Waals surface area contributed by atoms with Crippen LogP contribution in [0.4, 0.5) is 11.4 Å². The third-order valence-electron chi connectivity index (χ3n) is 6.93. The Hall–Kier alpha value is -4.26. The van der Waals surface area contributed by atoms with Crippen LogP contribution in [0.1, 0.15) is 22.3 Å². The average Bonchev–Trinajstić information content (AvgIpc) is 3.23. The standard InChI is InChI=1S/C27H20N4O3/c32-23-12-17-11-22-25-18(13-31(22)27(33)19(17)14-34-23)26-24-20(7-4-8-21(24)29-25)28-15-30(26)10-9-16-5-2-1-3-6-16/h1-8,11,15H,9-10,12-14H2. The summed E-state index contributed by atoms with van der Waals surface area (Å²) >= 11 is 0. The molecule has 0 unspecified atom stereocenters. The molecule has 4 aromatic rings. The molecule has 0 saturated heterocycles. The number of hydrogen-bond acceptors (Lipinski definition) is 6. The number of ether oxygens (including phenoxy) is 1. The van der Waals surface area contributed by atoms with Gasteiger partial charge in [-0.15, -0.1) is 0 Å². The van der Waals surface area contributed by atoms with Gasteiger partial charge in [0.15, 0.2) is 0 Å². The number of esters is 1. The molecule has 2 aromatic heterocycles. The first-order chi connectivity index (χ1) is 16.7. The summed E-state index contributed by atoms with van der Waals surface area (Å²) in [5.41, 5.74) is 7.86. The Balaban J connectivity index is 1.40. The Labute approximate surface area is 195 Å². The normalized spacial score (nSPS) is 15.2. The van der Waals surface area contributed by atoms with Crippen molar-refractivity contribution in [2.45, 2.75) is 26.0 Å². The molecule has 7 rings (SSSR count). The minimum Gasteiger partial charge on any atom is -0.460 e. The fraction of sp³-hybridized carbons (Fsp3) is 0.185. The molecular formula is C27H20N4O3. The highest BCUT2D eigenvalue weighted by Crippen LogP contribution is 2.45. The van der Waals surface area contributed by atoms with Crippen LogP contribution >= 0.6 is 0 Å². The van der Waals surface area contributed by atoms with Crippen LogP contribution in [-0.4, -0.2) is 28.4 Å². The highest BCUT2D eigenvalue weighted by molar-refractivity contribution is 6.11. The van der Waals surface area contributed by atoms with Crippen molar-refractivity contribution in [2.75, 3.05) is 11.4 Å². The Morgan fingerprint density at radius 3 is 2.76 bits per heavy atom. The summed E-state index contributed by atoms with van der Waals surface area (Å²) < 4.78 is 6.92. The molecule has 2 aromatic carbocycles. The summed E-state index contributed by atoms with van der Waals surface area (Å²) in [5.74, 6) is -0.301. The van der Waals surface area contributed by atoms with Crippen molar-refractivity contribution >= 4 is 34.6 Å². The lowest BCUT2D eigenvalue weighted by atomic mass is 10.0. The summed E-state index contributed by atoms with van der Waals surface area (Å²) in [6, 6.07) is 18.3. The highest BCUT2D eigenvalue weighted by atomic mass is 16.5. The van der Waals surface area contributed by atoms with Crippen LogP contribution in [0, 0.1) is 0 Å². The summed E-state index contributed by atoms with van der Waals surface area (Å²) in [5, 5.41) is 1.01. The van der Waals surface area contributed by atoms with E-state index in [1.165, 1.54) is 5.56 Å². The Kier molecular flexibility index (Phi) is 4.03. The van der Waals surface area contributed by atoms with Crippen LogP contribution in [0.5, 0.6) is 0 Å². The van der Waals surface area contributed by atoms with Crippen LogP contribution < -0.4 is 10.5 Å². The molecule has 0 radical (unpaired) electrons. The molecular weight excluding hydrogens is 428 g/mol. The zero-order valence-corrected chi connectivity index (χ0v) is 18.3. The Morgan fingerprint density at radius 1 is 1.00 bits per heavy atom. The maximum atomic E-state index is 13.4. The van der Waals surface area contributed by atoms with Crippen LogP contribution in [0.25, 0.3) is 22.3 Å². The minimum absolute atomic E-state index is 0.0336. The van der Waals surface area contributed by atoms with E-state index in [0.717, 1.165) is 57.8 Å². The van der Waals surface area contributed by atoms with Crippen molar-refractivity contribution in [1.82, 2.24) is 9.55 Å². The second-order valence-corrected chi connectivity index (χ2v) is 8.89. The molecule has 7 heteroatoms. The molecule has 0 fully saturated rings. The Morgan fingerprint density at radius 2 is 1.88 bits per heavy atom. The molecule has 0 N–H and O–H groups in total. The maximum Gasteiger partial charge on any atom is 0.310 e. The topological polar surface area (TPSA) is 76.8 Å². The van der Waals surface area contributed by atoms with Crippen molar-refractivity contribution < 1.29 is 9.53 Å². The van der Waals surface area contributed by atoms with Crippen LogP contribution in [0.15, 0.2) is 64.4 Å². The van der Waals surface area contributed by atoms with Gasteiger partial charge in [-0.2, -0.15) is 0 Å². The van der Waals surface area contributed by atoms with Gasteiger partial charge in [-0.3, -0.25) is 9.59 Å². The second kappa shape index (κ2) is 7.12. The van der Waals surface area contributed by atoms with E-state index < -0.39 is 0 Å². The van der Waals surface area contributed by atoms with Crippen molar-refractivity contribution in [3.05, 3.63) is 87.2 Å². The van der Waals surface area contributed by atoms with Gasteiger partial charge >= 0.3 is 5.97 Å². The van der Waals surface area contributed by atoms with Crippen molar-refractivity contribution in [3.63, 3.8) is 0 Å². The number of carbonyl (C=O) groups is 1. The second-order valence-electron chi connectivity index (χ2n) is 8.89. The predicted octanol–water partition coefficient (Wildman–Crippen LogP) is 3.75. The molecule has 166 valence electrons. The number of cyclic esters (lactones) is 1. The van der Waals surface area contributed by atoms with Crippen LogP contribution in [0.2, 0.25) is 0 Å². The van der Waals surface area contributed by atoms with Gasteiger partial charge in [0.1, 0.15) is 6.61 Å². The van der Waals surface area contributed by atoms with Gasteiger partial charge in [-0.25, -0.2) is 9.98 Å². The van der Waals surface area contributed by atoms with Crippen molar-refractivity contribution in [2.24, 2.45) is 4.99 Å². The molecule has 34 heavy (non-hydrogen) atoms. The Bertz CT molecular complexity index is 1600. The fourth-order valence-corrected chi connectivity index (χ4v) is 5.28. The van der Waals surface area contributed by atoms with Crippen molar-refractivity contribution in [3.8, 4) is 11.4 Å². The first kappa shape index (κ1) is 19.2. The summed E-state index contributed by atoms with van der Waals surface area (Å²) in [6.07, 6.45) is 2.88. The number of hydrogen-bond donors (Lipinski definition) is 0. The average molecular weight is 448 g/mol. The summed E-state index contributed by atoms with van der Waals surface area (Å²) in [4.78, 5) is 37.1. The lowest BCUT2D eigenvalue weighted by molar-refractivity contribution is -0.145. The van der Waals surface area contributed by atoms with E-state index in [-0.39, 0.29) is 24.6 Å². The fourth-order valence-electron chi connectivity index (χ4n) is 5.28. The molecule has 0 amide bonds. The zero-order chi connectivity index (χ0) is 22.8. The number of benzene rings is 2. The van der Waals surface area contributed by atoms with Crippen LogP contribution in [0.3, 0.4) is 0 Å². The molecule has 0 spiro atoms. The van der Waals surface area contributed by atoms with Crippen LogP contribution in [-0.2, 0) is 35.5 Å². The molecule has 7 nitrogen and oxygen atoms in total. The summed E-state index contributed by atoms with van der Waals surface area (Å²) in [6.45, 7) is 1.23. The number of aromatic nitrogens is 2. The monoisotopic (exact) mass is 448 g/mol. The van der Waals surface area contributed by atoms with Gasteiger partial charge in [-0.1, -0.05) is 36.4 Å². The van der Waals surface area contributed by atoms with E-state index in [2.05, 4.69) is 29.2 Å². The third kappa shape index (κ3) is 2.76. The first-order valence-corrected chi connectivity index (χ1v) is 11.4. The zero-order valence-electron chi connectivity index (χ0n) is 18.3. The van der Waals surface area contributed by atoms with Gasteiger partial charge in [0, 0.05) is 12.1 Å². The number of pyridine rings is 2. The number of anilines is 1. The van der Waals surface area contributed by atoms with E-state index >= 15 is 0 Å². The molecule has 0 aliphatic carbocycles. The molecule has 0 saturated carbocycles. The summed E-state index contributed by atoms with van der Waals surface area (Å²) in [7, 11) is 0. The highest BCUT2D eigenvalue weighted by Gasteiger charge is 2.32. The van der Waals surface area contributed by atoms with E-state index in [9.17, 15) is 9.59 Å². The van der Waals surface area contributed by atoms with Gasteiger partial charge in [0.05, 0.1) is 58.5 Å². The van der Waals surface area contributed by atoms with E-state index in [0.29, 0.717) is 12.1 Å². The van der Waals surface area contributed by atoms with Gasteiger partial charge < -0.3 is 14.2 Å². The van der Waals surface area contributed by atoms with Gasteiger partial charge in [0.2, 0.25) is 0 Å². The largest absolute Gasteiger partial charge is 0.460 e. The lowest BCUT2D eigenvalue weighted by Gasteiger charge is -2.27. The predicted molar refractivity (Wildman–Crippen MR) is 130 cm³/mol. The smallest absolute Gasteiger partial charge is 0.310 e. The molecule has 0 bridgehead atoms. The molecule has 3 aliphatic heterocycles. The third-order valence-corrected chi connectivity index (χ3v) is 6.93. The van der Waals surface area contributed by atoms with Gasteiger partial charge in [0.25, 0.3) is 5.56 Å². The van der Waals surface area contributed by atoms with E-state index in [1.54, 1.807) is 4.57 Å². The quantitative estimate of drug-likeness (QED) is 0.393. The lowest BCUT2D eigenvalue weighted by Crippen LogP contribution is -2.30.